The lowest BCUT2D eigenvalue weighted by Crippen LogP contribution is -1.98. The second-order valence-electron chi connectivity index (χ2n) is 2.28. The van der Waals surface area contributed by atoms with Crippen molar-refractivity contribution < 1.29 is 9.59 Å². The van der Waals surface area contributed by atoms with Crippen molar-refractivity contribution in [3.8, 4) is 0 Å². The van der Waals surface area contributed by atoms with Gasteiger partial charge in [-0.05, 0) is 41.6 Å². The Kier molecular flexibility index (Phi) is 2.91. The Hall–Kier alpha value is -0.780. The van der Waals surface area contributed by atoms with Gasteiger partial charge in [-0.1, -0.05) is 0 Å². The molecule has 0 spiro atoms. The fraction of sp³-hybridized carbons (Fsp3) is 0.125. The van der Waals surface area contributed by atoms with Crippen molar-refractivity contribution in [3.63, 3.8) is 0 Å². The summed E-state index contributed by atoms with van der Waals surface area (Å²) in [6.45, 7) is 1.46. The van der Waals surface area contributed by atoms with E-state index in [2.05, 4.69) is 4.98 Å². The molecule has 0 aliphatic carbocycles. The highest BCUT2D eigenvalue weighted by Gasteiger charge is 2.03. The number of carbonyl (C=O) groups is 2. The largest absolute Gasteiger partial charge is 0.296 e. The van der Waals surface area contributed by atoms with Gasteiger partial charge < -0.3 is 0 Å². The van der Waals surface area contributed by atoms with Gasteiger partial charge in [0.1, 0.15) is 9.39 Å². The number of hydrogen-bond acceptors (Lipinski definition) is 3. The van der Waals surface area contributed by atoms with Crippen LogP contribution >= 0.6 is 22.6 Å². The van der Waals surface area contributed by atoms with E-state index in [1.807, 2.05) is 22.6 Å². The molecule has 1 rings (SSSR count). The molecule has 0 aliphatic heterocycles. The number of nitrogens with zero attached hydrogens (tertiary/aromatic N) is 1. The summed E-state index contributed by atoms with van der Waals surface area (Å²) in [6, 6.07) is 3.13. The minimum absolute atomic E-state index is 0.0570. The highest BCUT2D eigenvalue weighted by atomic mass is 127. The van der Waals surface area contributed by atoms with Crippen LogP contribution in [0.1, 0.15) is 27.8 Å². The van der Waals surface area contributed by atoms with Crippen LogP contribution < -0.4 is 0 Å². The molecular formula is C8H6INO2. The van der Waals surface area contributed by atoms with Crippen molar-refractivity contribution in [2.45, 2.75) is 6.92 Å². The zero-order valence-electron chi connectivity index (χ0n) is 6.37. The zero-order chi connectivity index (χ0) is 9.14. The highest BCUT2D eigenvalue weighted by molar-refractivity contribution is 14.1. The average molecular weight is 275 g/mol. The average Bonchev–Trinajstić information content (AvgIpc) is 2.03. The monoisotopic (exact) mass is 275 g/mol. The zero-order valence-corrected chi connectivity index (χ0v) is 8.53. The third-order valence-electron chi connectivity index (χ3n) is 1.34. The van der Waals surface area contributed by atoms with Crippen molar-refractivity contribution in [2.75, 3.05) is 0 Å². The fourth-order valence-electron chi connectivity index (χ4n) is 0.781. The number of pyridine rings is 1. The van der Waals surface area contributed by atoms with Crippen LogP contribution in [0.4, 0.5) is 0 Å². The van der Waals surface area contributed by atoms with E-state index < -0.39 is 0 Å². The minimum atomic E-state index is -0.0570. The lowest BCUT2D eigenvalue weighted by atomic mass is 10.2. The van der Waals surface area contributed by atoms with Crippen molar-refractivity contribution >= 4 is 34.7 Å². The molecule has 1 heterocycles. The molecule has 0 amide bonds. The maximum Gasteiger partial charge on any atom is 0.168 e. The van der Waals surface area contributed by atoms with E-state index in [0.717, 1.165) is 0 Å². The van der Waals surface area contributed by atoms with Gasteiger partial charge in [-0.3, -0.25) is 9.59 Å². The van der Waals surface area contributed by atoms with Crippen LogP contribution in [0.15, 0.2) is 12.1 Å². The summed E-state index contributed by atoms with van der Waals surface area (Å²) in [5.41, 5.74) is 0.823. The summed E-state index contributed by atoms with van der Waals surface area (Å²) in [4.78, 5) is 25.2. The van der Waals surface area contributed by atoms with E-state index >= 15 is 0 Å². The van der Waals surface area contributed by atoms with E-state index in [1.54, 1.807) is 6.07 Å². The van der Waals surface area contributed by atoms with Gasteiger partial charge in [-0.25, -0.2) is 4.98 Å². The van der Waals surface area contributed by atoms with Gasteiger partial charge in [0.05, 0.1) is 0 Å². The van der Waals surface area contributed by atoms with E-state index in [4.69, 9.17) is 0 Å². The quantitative estimate of drug-likeness (QED) is 0.357. The maximum atomic E-state index is 10.9. The number of rotatable bonds is 2. The van der Waals surface area contributed by atoms with Crippen molar-refractivity contribution in [2.24, 2.45) is 0 Å². The third kappa shape index (κ3) is 2.10. The number of aldehydes is 1. The Balaban J connectivity index is 3.23. The van der Waals surface area contributed by atoms with Gasteiger partial charge in [-0.15, -0.1) is 0 Å². The van der Waals surface area contributed by atoms with Gasteiger partial charge in [-0.2, -0.15) is 0 Å². The number of ketones is 1. The maximum absolute atomic E-state index is 10.9. The first-order valence-electron chi connectivity index (χ1n) is 3.27. The van der Waals surface area contributed by atoms with Crippen LogP contribution in [0, 0.1) is 3.70 Å². The summed E-state index contributed by atoms with van der Waals surface area (Å²) in [7, 11) is 0. The molecule has 1 aromatic heterocycles. The lowest BCUT2D eigenvalue weighted by Gasteiger charge is -1.97. The molecule has 0 aliphatic rings. The van der Waals surface area contributed by atoms with Gasteiger partial charge in [0.25, 0.3) is 0 Å². The number of Topliss-reactive ketones (excluding diaryl/α,β-unsaturated/α-hetero) is 1. The number of hydrogen-bond donors (Lipinski definition) is 0. The molecule has 4 heteroatoms. The van der Waals surface area contributed by atoms with Crippen LogP contribution in [0.25, 0.3) is 0 Å². The predicted octanol–water partition coefficient (Wildman–Crippen LogP) is 1.70. The van der Waals surface area contributed by atoms with Crippen molar-refractivity contribution in [1.29, 1.82) is 0 Å². The predicted molar refractivity (Wildman–Crippen MR) is 52.3 cm³/mol. The summed E-state index contributed by atoms with van der Waals surface area (Å²) >= 11 is 1.97. The van der Waals surface area contributed by atoms with Crippen LogP contribution in [-0.4, -0.2) is 17.1 Å². The van der Waals surface area contributed by atoms with Gasteiger partial charge in [0, 0.05) is 5.56 Å². The van der Waals surface area contributed by atoms with Gasteiger partial charge in [0.2, 0.25) is 0 Å². The van der Waals surface area contributed by atoms with Gasteiger partial charge >= 0.3 is 0 Å². The Morgan fingerprint density at radius 1 is 1.58 bits per heavy atom. The standard InChI is InChI=1S/C8H6INO2/c1-5(12)6-2-7(4-11)10-8(9)3-6/h2-4H,1H3. The molecule has 1 aromatic rings. The second kappa shape index (κ2) is 3.75. The normalized spacial score (nSPS) is 9.50. The highest BCUT2D eigenvalue weighted by Crippen LogP contribution is 2.07. The van der Waals surface area contributed by atoms with Crippen LogP contribution in [0.5, 0.6) is 0 Å². The van der Waals surface area contributed by atoms with Crippen LogP contribution in [0.2, 0.25) is 0 Å². The van der Waals surface area contributed by atoms with E-state index in [-0.39, 0.29) is 5.78 Å². The summed E-state index contributed by atoms with van der Waals surface area (Å²) in [6.07, 6.45) is 0.634. The molecule has 62 valence electrons. The van der Waals surface area contributed by atoms with Crippen LogP contribution in [-0.2, 0) is 0 Å². The van der Waals surface area contributed by atoms with Gasteiger partial charge in [0.15, 0.2) is 12.1 Å². The molecule has 0 aromatic carbocycles. The van der Waals surface area contributed by atoms with E-state index in [9.17, 15) is 9.59 Å². The first kappa shape index (κ1) is 9.31. The number of halogens is 1. The Bertz CT molecular complexity index is 336. The molecule has 0 saturated carbocycles. The first-order valence-corrected chi connectivity index (χ1v) is 4.35. The number of aromatic nitrogens is 1. The molecule has 0 N–H and O–H groups in total. The third-order valence-corrected chi connectivity index (χ3v) is 1.89. The topological polar surface area (TPSA) is 47.0 Å². The lowest BCUT2D eigenvalue weighted by molar-refractivity contribution is 0.101. The Morgan fingerprint density at radius 2 is 2.25 bits per heavy atom. The summed E-state index contributed by atoms with van der Waals surface area (Å²) in [5.74, 6) is -0.0570. The smallest absolute Gasteiger partial charge is 0.168 e. The van der Waals surface area contributed by atoms with E-state index in [1.165, 1.54) is 13.0 Å². The van der Waals surface area contributed by atoms with Crippen LogP contribution in [0.3, 0.4) is 0 Å². The molecule has 3 nitrogen and oxygen atoms in total. The molecule has 0 unspecified atom stereocenters. The first-order chi connectivity index (χ1) is 5.63. The molecular weight excluding hydrogens is 269 g/mol. The molecule has 0 radical (unpaired) electrons. The fourth-order valence-corrected chi connectivity index (χ4v) is 1.39. The van der Waals surface area contributed by atoms with Crippen molar-refractivity contribution in [3.05, 3.63) is 27.1 Å². The molecule has 0 saturated heterocycles. The Morgan fingerprint density at radius 3 is 2.75 bits per heavy atom. The SMILES string of the molecule is CC(=O)c1cc(I)nc(C=O)c1. The summed E-state index contributed by atoms with van der Waals surface area (Å²) < 4.78 is 0.655. The number of carbonyl (C=O) groups excluding carboxylic acids is 2. The molecule has 12 heavy (non-hydrogen) atoms. The minimum Gasteiger partial charge on any atom is -0.296 e. The molecule has 0 bridgehead atoms. The molecule has 0 fully saturated rings. The summed E-state index contributed by atoms with van der Waals surface area (Å²) in [5, 5.41) is 0. The van der Waals surface area contributed by atoms with Crippen molar-refractivity contribution in [1.82, 2.24) is 4.98 Å². The second-order valence-corrected chi connectivity index (χ2v) is 3.38. The Labute approximate surface area is 83.3 Å². The molecule has 0 atom stereocenters. The van der Waals surface area contributed by atoms with E-state index in [0.29, 0.717) is 21.2 Å².